The van der Waals surface area contributed by atoms with Gasteiger partial charge in [0.2, 0.25) is 0 Å². The van der Waals surface area contributed by atoms with E-state index in [1.54, 1.807) is 36.5 Å². The first-order valence-electron chi connectivity index (χ1n) is 6.06. The molecule has 2 rings (SSSR count). The molecule has 1 aromatic carbocycles. The Labute approximate surface area is 130 Å². The summed E-state index contributed by atoms with van der Waals surface area (Å²) in [4.78, 5) is 16.3. The van der Waals surface area contributed by atoms with Crippen LogP contribution in [-0.4, -0.2) is 17.4 Å². The van der Waals surface area contributed by atoms with Gasteiger partial charge in [-0.2, -0.15) is 0 Å². The van der Waals surface area contributed by atoms with Crippen LogP contribution in [0, 0.1) is 0 Å². The van der Waals surface area contributed by atoms with Crippen LogP contribution >= 0.6 is 27.5 Å². The molecule has 104 valence electrons. The summed E-state index contributed by atoms with van der Waals surface area (Å²) in [5.41, 5.74) is 1.16. The third-order valence-corrected chi connectivity index (χ3v) is 3.48. The minimum absolute atomic E-state index is 0.213. The third kappa shape index (κ3) is 3.71. The average Bonchev–Trinajstić information content (AvgIpc) is 2.43. The summed E-state index contributed by atoms with van der Waals surface area (Å²) in [7, 11) is 0. The molecule has 0 aliphatic heterocycles. The summed E-state index contributed by atoms with van der Waals surface area (Å²) >= 11 is 9.29. The van der Waals surface area contributed by atoms with Gasteiger partial charge in [0, 0.05) is 27.8 Å². The summed E-state index contributed by atoms with van der Waals surface area (Å²) in [6.45, 7) is 2.72. The minimum Gasteiger partial charge on any atom is -0.370 e. The van der Waals surface area contributed by atoms with Gasteiger partial charge in [-0.25, -0.2) is 4.98 Å². The zero-order chi connectivity index (χ0) is 14.5. The molecule has 20 heavy (non-hydrogen) atoms. The number of halogens is 2. The van der Waals surface area contributed by atoms with Crippen LogP contribution in [0.25, 0.3) is 0 Å². The van der Waals surface area contributed by atoms with Crippen molar-refractivity contribution >= 4 is 44.9 Å². The Morgan fingerprint density at radius 2 is 2.15 bits per heavy atom. The maximum absolute atomic E-state index is 12.2. The van der Waals surface area contributed by atoms with Crippen molar-refractivity contribution < 1.29 is 4.79 Å². The van der Waals surface area contributed by atoms with E-state index >= 15 is 0 Å². The molecule has 0 fully saturated rings. The Morgan fingerprint density at radius 3 is 2.90 bits per heavy atom. The zero-order valence-corrected chi connectivity index (χ0v) is 13.1. The fourth-order valence-electron chi connectivity index (χ4n) is 1.64. The molecular formula is C14H13BrClN3O. The highest BCUT2D eigenvalue weighted by atomic mass is 79.9. The highest BCUT2D eigenvalue weighted by molar-refractivity contribution is 9.10. The van der Waals surface area contributed by atoms with E-state index in [-0.39, 0.29) is 5.91 Å². The number of amides is 1. The molecule has 0 aliphatic carbocycles. The molecular weight excluding hydrogens is 342 g/mol. The van der Waals surface area contributed by atoms with E-state index in [4.69, 9.17) is 11.6 Å². The number of hydrogen-bond acceptors (Lipinski definition) is 3. The molecule has 0 atom stereocenters. The van der Waals surface area contributed by atoms with Crippen molar-refractivity contribution in [2.24, 2.45) is 0 Å². The number of pyridine rings is 1. The highest BCUT2D eigenvalue weighted by Crippen LogP contribution is 2.26. The van der Waals surface area contributed by atoms with Crippen molar-refractivity contribution in [3.05, 3.63) is 51.6 Å². The number of carbonyl (C=O) groups is 1. The van der Waals surface area contributed by atoms with Gasteiger partial charge < -0.3 is 10.6 Å². The fourth-order valence-corrected chi connectivity index (χ4v) is 2.16. The molecule has 0 saturated heterocycles. The number of aromatic nitrogens is 1. The summed E-state index contributed by atoms with van der Waals surface area (Å²) in [5.74, 6) is 0.458. The first-order chi connectivity index (χ1) is 9.60. The standard InChI is InChI=1S/C14H13BrClN3O/c1-2-17-13-7-9(5-6-18-13)14(20)19-12-8-10(16)3-4-11(12)15/h3-8H,2H2,1H3,(H,17,18)(H,19,20). The smallest absolute Gasteiger partial charge is 0.255 e. The molecule has 0 spiro atoms. The summed E-state index contributed by atoms with van der Waals surface area (Å²) < 4.78 is 0.774. The lowest BCUT2D eigenvalue weighted by Gasteiger charge is -2.09. The molecule has 0 bridgehead atoms. The molecule has 0 radical (unpaired) electrons. The van der Waals surface area contributed by atoms with E-state index in [9.17, 15) is 4.79 Å². The van der Waals surface area contributed by atoms with Crippen LogP contribution in [0.3, 0.4) is 0 Å². The van der Waals surface area contributed by atoms with Crippen LogP contribution in [-0.2, 0) is 0 Å². The third-order valence-electron chi connectivity index (χ3n) is 2.56. The Morgan fingerprint density at radius 1 is 1.35 bits per heavy atom. The number of anilines is 2. The monoisotopic (exact) mass is 353 g/mol. The molecule has 2 N–H and O–H groups in total. The number of carbonyl (C=O) groups excluding carboxylic acids is 1. The van der Waals surface area contributed by atoms with Crippen LogP contribution in [0.15, 0.2) is 41.0 Å². The largest absolute Gasteiger partial charge is 0.370 e. The fraction of sp³-hybridized carbons (Fsp3) is 0.143. The topological polar surface area (TPSA) is 54.0 Å². The van der Waals surface area contributed by atoms with Gasteiger partial charge in [0.1, 0.15) is 5.82 Å². The maximum Gasteiger partial charge on any atom is 0.255 e. The van der Waals surface area contributed by atoms with E-state index in [1.807, 2.05) is 6.92 Å². The molecule has 1 heterocycles. The Bertz CT molecular complexity index is 634. The SMILES string of the molecule is CCNc1cc(C(=O)Nc2cc(Cl)ccc2Br)ccn1. The lowest BCUT2D eigenvalue weighted by molar-refractivity contribution is 0.102. The Hall–Kier alpha value is -1.59. The normalized spacial score (nSPS) is 10.2. The van der Waals surface area contributed by atoms with E-state index in [1.165, 1.54) is 0 Å². The van der Waals surface area contributed by atoms with Gasteiger partial charge in [-0.05, 0) is 53.2 Å². The molecule has 4 nitrogen and oxygen atoms in total. The van der Waals surface area contributed by atoms with Crippen LogP contribution in [0.4, 0.5) is 11.5 Å². The van der Waals surface area contributed by atoms with E-state index < -0.39 is 0 Å². The molecule has 1 amide bonds. The Balaban J connectivity index is 2.19. The van der Waals surface area contributed by atoms with E-state index in [2.05, 4.69) is 31.5 Å². The van der Waals surface area contributed by atoms with Crippen LogP contribution in [0.2, 0.25) is 5.02 Å². The number of nitrogens with zero attached hydrogens (tertiary/aromatic N) is 1. The van der Waals surface area contributed by atoms with Gasteiger partial charge >= 0.3 is 0 Å². The quantitative estimate of drug-likeness (QED) is 0.866. The predicted molar refractivity (Wildman–Crippen MR) is 85.5 cm³/mol. The lowest BCUT2D eigenvalue weighted by Crippen LogP contribution is -2.13. The Kier molecular flexibility index (Phi) is 4.98. The second-order valence-electron chi connectivity index (χ2n) is 4.04. The average molecular weight is 355 g/mol. The summed E-state index contributed by atoms with van der Waals surface area (Å²) in [6.07, 6.45) is 1.60. The van der Waals surface area contributed by atoms with Gasteiger partial charge in [0.25, 0.3) is 5.91 Å². The number of benzene rings is 1. The van der Waals surface area contributed by atoms with Crippen LogP contribution < -0.4 is 10.6 Å². The highest BCUT2D eigenvalue weighted by Gasteiger charge is 2.09. The van der Waals surface area contributed by atoms with Crippen molar-refractivity contribution in [1.82, 2.24) is 4.98 Å². The van der Waals surface area contributed by atoms with E-state index in [0.29, 0.717) is 22.1 Å². The molecule has 2 aromatic rings. The van der Waals surface area contributed by atoms with E-state index in [0.717, 1.165) is 11.0 Å². The lowest BCUT2D eigenvalue weighted by atomic mass is 10.2. The first kappa shape index (κ1) is 14.8. The van der Waals surface area contributed by atoms with Gasteiger partial charge in [-0.3, -0.25) is 4.79 Å². The number of nitrogens with one attached hydrogen (secondary N) is 2. The van der Waals surface area contributed by atoms with Gasteiger partial charge in [0.15, 0.2) is 0 Å². The van der Waals surface area contributed by atoms with Crippen LogP contribution in [0.5, 0.6) is 0 Å². The summed E-state index contributed by atoms with van der Waals surface area (Å²) in [6, 6.07) is 8.59. The first-order valence-corrected chi connectivity index (χ1v) is 7.23. The maximum atomic E-state index is 12.2. The second-order valence-corrected chi connectivity index (χ2v) is 5.33. The zero-order valence-electron chi connectivity index (χ0n) is 10.8. The molecule has 0 saturated carbocycles. The number of hydrogen-bond donors (Lipinski definition) is 2. The number of rotatable bonds is 4. The molecule has 0 unspecified atom stereocenters. The van der Waals surface area contributed by atoms with Crippen molar-refractivity contribution in [2.75, 3.05) is 17.2 Å². The van der Waals surface area contributed by atoms with Crippen molar-refractivity contribution in [1.29, 1.82) is 0 Å². The van der Waals surface area contributed by atoms with Crippen molar-refractivity contribution in [2.45, 2.75) is 6.92 Å². The molecule has 1 aromatic heterocycles. The summed E-state index contributed by atoms with van der Waals surface area (Å²) in [5, 5.41) is 6.44. The van der Waals surface area contributed by atoms with Gasteiger partial charge in [-0.1, -0.05) is 11.6 Å². The van der Waals surface area contributed by atoms with Crippen molar-refractivity contribution in [3.8, 4) is 0 Å². The molecule has 6 heteroatoms. The predicted octanol–water partition coefficient (Wildman–Crippen LogP) is 4.18. The molecule has 0 aliphatic rings. The second kappa shape index (κ2) is 6.72. The van der Waals surface area contributed by atoms with Gasteiger partial charge in [0.05, 0.1) is 5.69 Å². The van der Waals surface area contributed by atoms with Crippen molar-refractivity contribution in [3.63, 3.8) is 0 Å². The van der Waals surface area contributed by atoms with Gasteiger partial charge in [-0.15, -0.1) is 0 Å². The minimum atomic E-state index is -0.213. The van der Waals surface area contributed by atoms with Crippen LogP contribution in [0.1, 0.15) is 17.3 Å².